The zero-order chi connectivity index (χ0) is 20.9. The molecule has 6 heteroatoms. The predicted molar refractivity (Wildman–Crippen MR) is 121 cm³/mol. The molecule has 30 heavy (non-hydrogen) atoms. The van der Waals surface area contributed by atoms with Gasteiger partial charge in [-0.2, -0.15) is 0 Å². The van der Waals surface area contributed by atoms with Gasteiger partial charge in [-0.3, -0.25) is 9.89 Å². The second kappa shape index (κ2) is 9.65. The van der Waals surface area contributed by atoms with E-state index >= 15 is 0 Å². The number of piperidine rings is 1. The molecule has 2 aliphatic rings. The molecule has 0 radical (unpaired) electrons. The van der Waals surface area contributed by atoms with E-state index in [2.05, 4.69) is 51.3 Å². The molecule has 2 aliphatic heterocycles. The Labute approximate surface area is 180 Å². The first-order valence-corrected chi connectivity index (χ1v) is 11.4. The third kappa shape index (κ3) is 5.04. The average molecular weight is 410 g/mol. The summed E-state index contributed by atoms with van der Waals surface area (Å²) >= 11 is 0. The lowest BCUT2D eigenvalue weighted by atomic mass is 9.97. The Morgan fingerprint density at radius 1 is 1.17 bits per heavy atom. The molecule has 0 atom stereocenters. The van der Waals surface area contributed by atoms with E-state index in [4.69, 9.17) is 9.41 Å². The summed E-state index contributed by atoms with van der Waals surface area (Å²) in [5, 5.41) is 3.52. The van der Waals surface area contributed by atoms with Gasteiger partial charge in [0.25, 0.3) is 0 Å². The monoisotopic (exact) mass is 409 g/mol. The molecule has 4 rings (SSSR count). The Morgan fingerprint density at radius 2 is 1.93 bits per heavy atom. The average Bonchev–Trinajstić information content (AvgIpc) is 3.08. The minimum atomic E-state index is 0.653. The third-order valence-electron chi connectivity index (χ3n) is 6.40. The first kappa shape index (κ1) is 20.9. The van der Waals surface area contributed by atoms with Gasteiger partial charge in [-0.15, -0.1) is 0 Å². The number of guanidine groups is 1. The maximum absolute atomic E-state index is 5.75. The first-order chi connectivity index (χ1) is 14.6. The first-order valence-electron chi connectivity index (χ1n) is 11.4. The van der Waals surface area contributed by atoms with E-state index in [0.29, 0.717) is 5.92 Å². The Hall–Kier alpha value is -2.34. The number of hydrogen-bond donors (Lipinski definition) is 1. The van der Waals surface area contributed by atoms with Crippen LogP contribution in [0.4, 0.5) is 0 Å². The van der Waals surface area contributed by atoms with Crippen LogP contribution in [-0.4, -0.2) is 53.5 Å². The fraction of sp³-hybridized carbons (Fsp3) is 0.583. The molecule has 2 aromatic rings. The van der Waals surface area contributed by atoms with Gasteiger partial charge >= 0.3 is 0 Å². The highest BCUT2D eigenvalue weighted by molar-refractivity contribution is 5.80. The number of aliphatic imine (C=N–C) groups is 1. The summed E-state index contributed by atoms with van der Waals surface area (Å²) in [6, 6.07) is 8.79. The van der Waals surface area contributed by atoms with Crippen molar-refractivity contribution in [1.82, 2.24) is 20.1 Å². The van der Waals surface area contributed by atoms with Crippen LogP contribution < -0.4 is 5.32 Å². The summed E-state index contributed by atoms with van der Waals surface area (Å²) in [5.74, 6) is 3.51. The number of aromatic nitrogens is 1. The molecular weight excluding hydrogens is 374 g/mol. The summed E-state index contributed by atoms with van der Waals surface area (Å²) in [6.07, 6.45) is 3.47. The van der Waals surface area contributed by atoms with Gasteiger partial charge in [0.15, 0.2) is 5.96 Å². The highest BCUT2D eigenvalue weighted by Crippen LogP contribution is 2.21. The number of oxazole rings is 1. The second-order valence-electron chi connectivity index (χ2n) is 8.60. The van der Waals surface area contributed by atoms with Gasteiger partial charge in [0.2, 0.25) is 5.89 Å². The molecule has 1 aromatic heterocycles. The van der Waals surface area contributed by atoms with Gasteiger partial charge in [0.1, 0.15) is 5.76 Å². The quantitative estimate of drug-likeness (QED) is 0.605. The van der Waals surface area contributed by atoms with Gasteiger partial charge in [-0.1, -0.05) is 24.3 Å². The van der Waals surface area contributed by atoms with E-state index in [-0.39, 0.29) is 0 Å². The van der Waals surface area contributed by atoms with E-state index in [1.165, 1.54) is 24.0 Å². The van der Waals surface area contributed by atoms with Crippen LogP contribution in [0, 0.1) is 19.8 Å². The molecule has 0 unspecified atom stereocenters. The summed E-state index contributed by atoms with van der Waals surface area (Å²) in [7, 11) is 0. The lowest BCUT2D eigenvalue weighted by molar-refractivity contribution is 0.166. The van der Waals surface area contributed by atoms with Crippen LogP contribution in [-0.2, 0) is 19.5 Å². The molecule has 0 amide bonds. The van der Waals surface area contributed by atoms with Crippen LogP contribution in [0.2, 0.25) is 0 Å². The third-order valence-corrected chi connectivity index (χ3v) is 6.40. The molecule has 0 saturated carbocycles. The van der Waals surface area contributed by atoms with Gasteiger partial charge in [-0.05, 0) is 70.2 Å². The largest absolute Gasteiger partial charge is 0.444 e. The molecule has 0 aliphatic carbocycles. The molecule has 1 N–H and O–H groups in total. The molecule has 1 saturated heterocycles. The number of benzene rings is 1. The Balaban J connectivity index is 1.30. The van der Waals surface area contributed by atoms with E-state index in [9.17, 15) is 0 Å². The number of hydrogen-bond acceptors (Lipinski definition) is 4. The molecular formula is C24H35N5O. The normalized spacial score (nSPS) is 18.5. The topological polar surface area (TPSA) is 56.9 Å². The minimum absolute atomic E-state index is 0.653. The van der Waals surface area contributed by atoms with Crippen molar-refractivity contribution in [3.05, 3.63) is 52.7 Å². The fourth-order valence-electron chi connectivity index (χ4n) is 4.44. The van der Waals surface area contributed by atoms with E-state index in [0.717, 1.165) is 75.5 Å². The molecule has 162 valence electrons. The summed E-state index contributed by atoms with van der Waals surface area (Å²) < 4.78 is 5.75. The fourth-order valence-corrected chi connectivity index (χ4v) is 4.44. The molecule has 0 bridgehead atoms. The number of likely N-dealkylation sites (tertiary alicyclic amines) is 1. The lowest BCUT2D eigenvalue weighted by Crippen LogP contribution is -2.44. The van der Waals surface area contributed by atoms with Gasteiger partial charge < -0.3 is 14.6 Å². The molecule has 3 heterocycles. The van der Waals surface area contributed by atoms with Crippen molar-refractivity contribution < 1.29 is 4.42 Å². The van der Waals surface area contributed by atoms with Crippen molar-refractivity contribution in [2.75, 3.05) is 32.7 Å². The summed E-state index contributed by atoms with van der Waals surface area (Å²) in [5.41, 5.74) is 3.92. The van der Waals surface area contributed by atoms with Gasteiger partial charge in [0.05, 0.1) is 12.2 Å². The Morgan fingerprint density at radius 3 is 2.63 bits per heavy atom. The highest BCUT2D eigenvalue weighted by Gasteiger charge is 2.22. The zero-order valence-electron chi connectivity index (χ0n) is 18.7. The van der Waals surface area contributed by atoms with E-state index in [1.54, 1.807) is 0 Å². The number of nitrogens with zero attached hydrogens (tertiary/aromatic N) is 4. The van der Waals surface area contributed by atoms with Crippen LogP contribution in [0.15, 0.2) is 33.7 Å². The number of nitrogens with one attached hydrogen (secondary N) is 1. The molecule has 0 spiro atoms. The maximum atomic E-state index is 5.75. The van der Waals surface area contributed by atoms with Gasteiger partial charge in [0, 0.05) is 26.2 Å². The van der Waals surface area contributed by atoms with Crippen LogP contribution in [0.1, 0.15) is 48.2 Å². The van der Waals surface area contributed by atoms with Crippen molar-refractivity contribution in [2.24, 2.45) is 10.9 Å². The summed E-state index contributed by atoms with van der Waals surface area (Å²) in [6.45, 7) is 13.0. The molecule has 1 aromatic carbocycles. The highest BCUT2D eigenvalue weighted by atomic mass is 16.4. The standard InChI is InChI=1S/C24H35N5O/c1-4-25-24(29-14-11-21-7-5-6-8-22(21)16-29)26-15-20-9-12-28(13-10-20)17-23-27-18(2)19(3)30-23/h5-8,20H,4,9-17H2,1-3H3,(H,25,26). The Bertz CT molecular complexity index is 847. The van der Waals surface area contributed by atoms with Crippen LogP contribution in [0.3, 0.4) is 0 Å². The second-order valence-corrected chi connectivity index (χ2v) is 8.60. The SMILES string of the molecule is CCNC(=NCC1CCN(Cc2nc(C)c(C)o2)CC1)N1CCc2ccccc2C1. The van der Waals surface area contributed by atoms with E-state index in [1.807, 2.05) is 13.8 Å². The maximum Gasteiger partial charge on any atom is 0.208 e. The van der Waals surface area contributed by atoms with Crippen LogP contribution in [0.5, 0.6) is 0 Å². The van der Waals surface area contributed by atoms with Crippen molar-refractivity contribution in [1.29, 1.82) is 0 Å². The number of fused-ring (bicyclic) bond motifs is 1. The zero-order valence-corrected chi connectivity index (χ0v) is 18.7. The number of rotatable bonds is 5. The Kier molecular flexibility index (Phi) is 6.72. The van der Waals surface area contributed by atoms with Crippen molar-refractivity contribution in [2.45, 2.75) is 53.1 Å². The van der Waals surface area contributed by atoms with Crippen molar-refractivity contribution >= 4 is 5.96 Å². The summed E-state index contributed by atoms with van der Waals surface area (Å²) in [4.78, 5) is 14.4. The van der Waals surface area contributed by atoms with Crippen LogP contribution in [0.25, 0.3) is 0 Å². The smallest absolute Gasteiger partial charge is 0.208 e. The van der Waals surface area contributed by atoms with Crippen molar-refractivity contribution in [3.8, 4) is 0 Å². The van der Waals surface area contributed by atoms with E-state index < -0.39 is 0 Å². The lowest BCUT2D eigenvalue weighted by Gasteiger charge is -2.33. The van der Waals surface area contributed by atoms with Gasteiger partial charge in [-0.25, -0.2) is 4.98 Å². The molecule has 1 fully saturated rings. The predicted octanol–water partition coefficient (Wildman–Crippen LogP) is 3.53. The minimum Gasteiger partial charge on any atom is -0.444 e. The van der Waals surface area contributed by atoms with Crippen LogP contribution >= 0.6 is 0 Å². The number of aryl methyl sites for hydroxylation is 2. The van der Waals surface area contributed by atoms with Crippen molar-refractivity contribution in [3.63, 3.8) is 0 Å². The molecule has 6 nitrogen and oxygen atoms in total.